The molecule has 0 bridgehead atoms. The first-order valence-electron chi connectivity index (χ1n) is 8.29. The van der Waals surface area contributed by atoms with Crippen LogP contribution in [0, 0.1) is 5.92 Å². The molecule has 3 fully saturated rings. The predicted octanol–water partition coefficient (Wildman–Crippen LogP) is 2.15. The minimum absolute atomic E-state index is 0.174. The Morgan fingerprint density at radius 2 is 1.75 bits per heavy atom. The summed E-state index contributed by atoms with van der Waals surface area (Å²) >= 11 is 0. The third-order valence-electron chi connectivity index (χ3n) is 5.71. The SMILES string of the molecule is CC1CCCCC1N(C)C1CC2(CCC1O)OCCO2. The molecule has 1 aliphatic heterocycles. The zero-order valence-corrected chi connectivity index (χ0v) is 12.9. The lowest BCUT2D eigenvalue weighted by molar-refractivity contribution is -0.207. The van der Waals surface area contributed by atoms with Crippen LogP contribution in [0.4, 0.5) is 0 Å². The van der Waals surface area contributed by atoms with Gasteiger partial charge in [0.1, 0.15) is 0 Å². The lowest BCUT2D eigenvalue weighted by Gasteiger charge is -2.47. The topological polar surface area (TPSA) is 41.9 Å². The summed E-state index contributed by atoms with van der Waals surface area (Å²) in [6, 6.07) is 0.771. The fraction of sp³-hybridized carbons (Fsp3) is 1.00. The van der Waals surface area contributed by atoms with Gasteiger partial charge in [0.05, 0.1) is 19.3 Å². The Balaban J connectivity index is 1.69. The van der Waals surface area contributed by atoms with Crippen LogP contribution in [0.5, 0.6) is 0 Å². The van der Waals surface area contributed by atoms with Gasteiger partial charge in [-0.15, -0.1) is 0 Å². The van der Waals surface area contributed by atoms with Gasteiger partial charge in [-0.2, -0.15) is 0 Å². The van der Waals surface area contributed by atoms with Crippen molar-refractivity contribution in [3.63, 3.8) is 0 Å². The van der Waals surface area contributed by atoms with Crippen LogP contribution in [0.1, 0.15) is 51.9 Å². The smallest absolute Gasteiger partial charge is 0.170 e. The lowest BCUT2D eigenvalue weighted by atomic mass is 9.81. The maximum Gasteiger partial charge on any atom is 0.170 e. The molecule has 1 spiro atoms. The van der Waals surface area contributed by atoms with Crippen LogP contribution in [0.15, 0.2) is 0 Å². The van der Waals surface area contributed by atoms with E-state index in [-0.39, 0.29) is 12.1 Å². The molecule has 116 valence electrons. The average Bonchev–Trinajstić information content (AvgIpc) is 2.90. The van der Waals surface area contributed by atoms with Crippen molar-refractivity contribution >= 4 is 0 Å². The second-order valence-corrected chi connectivity index (χ2v) is 6.98. The van der Waals surface area contributed by atoms with Gasteiger partial charge in [0.25, 0.3) is 0 Å². The molecule has 4 nitrogen and oxygen atoms in total. The zero-order valence-electron chi connectivity index (χ0n) is 12.9. The number of ether oxygens (including phenoxy) is 2. The quantitative estimate of drug-likeness (QED) is 0.843. The third kappa shape index (κ3) is 2.76. The Morgan fingerprint density at radius 3 is 2.45 bits per heavy atom. The van der Waals surface area contributed by atoms with E-state index in [0.717, 1.165) is 25.2 Å². The Hall–Kier alpha value is -0.160. The first-order chi connectivity index (χ1) is 9.61. The molecule has 4 heteroatoms. The van der Waals surface area contributed by atoms with E-state index < -0.39 is 5.79 Å². The number of aliphatic hydroxyl groups is 1. The van der Waals surface area contributed by atoms with E-state index in [1.807, 2.05) is 0 Å². The summed E-state index contributed by atoms with van der Waals surface area (Å²) in [5.74, 6) is 0.319. The van der Waals surface area contributed by atoms with E-state index in [4.69, 9.17) is 9.47 Å². The summed E-state index contributed by atoms with van der Waals surface area (Å²) in [5.41, 5.74) is 0. The van der Waals surface area contributed by atoms with Crippen LogP contribution in [0.3, 0.4) is 0 Å². The molecule has 2 saturated carbocycles. The van der Waals surface area contributed by atoms with Gasteiger partial charge in [0.2, 0.25) is 0 Å². The molecule has 20 heavy (non-hydrogen) atoms. The number of hydrogen-bond donors (Lipinski definition) is 1. The Bertz CT molecular complexity index is 330. The molecule has 1 heterocycles. The van der Waals surface area contributed by atoms with Gasteiger partial charge in [0.15, 0.2) is 5.79 Å². The van der Waals surface area contributed by atoms with Crippen molar-refractivity contribution in [3.05, 3.63) is 0 Å². The predicted molar refractivity (Wildman–Crippen MR) is 77.5 cm³/mol. The van der Waals surface area contributed by atoms with Crippen molar-refractivity contribution in [2.75, 3.05) is 20.3 Å². The van der Waals surface area contributed by atoms with Crippen LogP contribution in [-0.2, 0) is 9.47 Å². The molecule has 1 N–H and O–H groups in total. The van der Waals surface area contributed by atoms with Crippen molar-refractivity contribution < 1.29 is 14.6 Å². The van der Waals surface area contributed by atoms with Gasteiger partial charge in [-0.25, -0.2) is 0 Å². The van der Waals surface area contributed by atoms with E-state index >= 15 is 0 Å². The molecule has 0 aromatic heterocycles. The standard InChI is InChI=1S/C16H29NO3/c1-12-5-3-4-6-13(12)17(2)14-11-16(8-7-15(14)18)19-9-10-20-16/h12-15,18H,3-11H2,1-2H3. The fourth-order valence-electron chi connectivity index (χ4n) is 4.44. The molecule has 3 aliphatic rings. The Labute approximate surface area is 122 Å². The van der Waals surface area contributed by atoms with Crippen molar-refractivity contribution in [2.24, 2.45) is 5.92 Å². The number of likely N-dealkylation sites (N-methyl/N-ethyl adjacent to an activating group) is 1. The van der Waals surface area contributed by atoms with Crippen molar-refractivity contribution in [3.8, 4) is 0 Å². The molecular formula is C16H29NO3. The normalized spacial score (nSPS) is 41.4. The molecular weight excluding hydrogens is 254 g/mol. The zero-order chi connectivity index (χ0) is 14.2. The second-order valence-electron chi connectivity index (χ2n) is 6.98. The second kappa shape index (κ2) is 5.91. The highest BCUT2D eigenvalue weighted by Gasteiger charge is 2.47. The van der Waals surface area contributed by atoms with Crippen LogP contribution in [0.2, 0.25) is 0 Å². The summed E-state index contributed by atoms with van der Waals surface area (Å²) in [6.07, 6.45) is 7.44. The first kappa shape index (κ1) is 14.8. The van der Waals surface area contributed by atoms with Gasteiger partial charge in [-0.3, -0.25) is 4.90 Å². The van der Waals surface area contributed by atoms with Gasteiger partial charge in [-0.05, 0) is 32.2 Å². The first-order valence-corrected chi connectivity index (χ1v) is 8.29. The Morgan fingerprint density at radius 1 is 1.05 bits per heavy atom. The molecule has 0 aromatic rings. The molecule has 0 aromatic carbocycles. The van der Waals surface area contributed by atoms with Crippen LogP contribution in [-0.4, -0.2) is 54.2 Å². The number of nitrogens with zero attached hydrogens (tertiary/aromatic N) is 1. The molecule has 3 rings (SSSR count). The van der Waals surface area contributed by atoms with Gasteiger partial charge < -0.3 is 14.6 Å². The Kier molecular flexibility index (Phi) is 4.37. The van der Waals surface area contributed by atoms with Gasteiger partial charge in [-0.1, -0.05) is 19.8 Å². The maximum atomic E-state index is 10.4. The summed E-state index contributed by atoms with van der Waals surface area (Å²) in [5, 5.41) is 10.4. The molecule has 4 unspecified atom stereocenters. The highest BCUT2D eigenvalue weighted by molar-refractivity contribution is 4.95. The van der Waals surface area contributed by atoms with E-state index in [1.54, 1.807) is 0 Å². The van der Waals surface area contributed by atoms with E-state index in [2.05, 4.69) is 18.9 Å². The van der Waals surface area contributed by atoms with Gasteiger partial charge >= 0.3 is 0 Å². The minimum Gasteiger partial charge on any atom is -0.391 e. The van der Waals surface area contributed by atoms with Crippen molar-refractivity contribution in [1.29, 1.82) is 0 Å². The number of aliphatic hydroxyl groups excluding tert-OH is 1. The van der Waals surface area contributed by atoms with E-state index in [0.29, 0.717) is 19.3 Å². The average molecular weight is 283 g/mol. The van der Waals surface area contributed by atoms with Crippen molar-refractivity contribution in [2.45, 2.75) is 75.8 Å². The highest BCUT2D eigenvalue weighted by Crippen LogP contribution is 2.39. The van der Waals surface area contributed by atoms with Crippen molar-refractivity contribution in [1.82, 2.24) is 4.90 Å². The molecule has 0 radical (unpaired) electrons. The maximum absolute atomic E-state index is 10.4. The number of rotatable bonds is 2. The minimum atomic E-state index is -0.407. The fourth-order valence-corrected chi connectivity index (χ4v) is 4.44. The van der Waals surface area contributed by atoms with Crippen LogP contribution in [0.25, 0.3) is 0 Å². The number of hydrogen-bond acceptors (Lipinski definition) is 4. The van der Waals surface area contributed by atoms with Gasteiger partial charge in [0, 0.05) is 24.9 Å². The summed E-state index contributed by atoms with van der Waals surface area (Å²) < 4.78 is 11.7. The van der Waals surface area contributed by atoms with E-state index in [1.165, 1.54) is 25.7 Å². The molecule has 0 amide bonds. The van der Waals surface area contributed by atoms with Crippen LogP contribution >= 0.6 is 0 Å². The largest absolute Gasteiger partial charge is 0.391 e. The summed E-state index contributed by atoms with van der Waals surface area (Å²) in [7, 11) is 2.19. The molecule has 1 saturated heterocycles. The van der Waals surface area contributed by atoms with Crippen LogP contribution < -0.4 is 0 Å². The molecule has 4 atom stereocenters. The lowest BCUT2D eigenvalue weighted by Crippen LogP contribution is -2.56. The third-order valence-corrected chi connectivity index (χ3v) is 5.71. The monoisotopic (exact) mass is 283 g/mol. The summed E-state index contributed by atoms with van der Waals surface area (Å²) in [6.45, 7) is 3.76. The molecule has 2 aliphatic carbocycles. The highest BCUT2D eigenvalue weighted by atomic mass is 16.7. The summed E-state index contributed by atoms with van der Waals surface area (Å²) in [4.78, 5) is 2.43. The van der Waals surface area contributed by atoms with E-state index in [9.17, 15) is 5.11 Å².